The van der Waals surface area contributed by atoms with Gasteiger partial charge in [0.2, 0.25) is 0 Å². The average molecular weight is 200 g/mol. The highest BCUT2D eigenvalue weighted by atomic mass is 16.3. The number of aromatic hydroxyl groups is 1. The molecule has 1 aromatic carbocycles. The van der Waals surface area contributed by atoms with E-state index >= 15 is 0 Å². The van der Waals surface area contributed by atoms with E-state index in [0.717, 1.165) is 16.8 Å². The molecule has 2 rings (SSSR count). The molecule has 76 valence electrons. The zero-order valence-corrected chi connectivity index (χ0v) is 8.51. The Morgan fingerprint density at radius 2 is 2.20 bits per heavy atom. The molecule has 0 spiro atoms. The number of phenols is 1. The zero-order chi connectivity index (χ0) is 10.8. The van der Waals surface area contributed by atoms with Gasteiger partial charge in [-0.05, 0) is 36.8 Å². The van der Waals surface area contributed by atoms with Gasteiger partial charge in [0.25, 0.3) is 0 Å². The summed E-state index contributed by atoms with van der Waals surface area (Å²) in [6.07, 6.45) is 3.47. The van der Waals surface area contributed by atoms with E-state index in [1.54, 1.807) is 16.9 Å². The summed E-state index contributed by atoms with van der Waals surface area (Å²) in [5.41, 5.74) is 2.71. The highest BCUT2D eigenvalue weighted by Gasteiger charge is 2.03. The Balaban J connectivity index is 2.44. The van der Waals surface area contributed by atoms with Crippen molar-refractivity contribution in [2.45, 2.75) is 6.92 Å². The molecular weight excluding hydrogens is 188 g/mol. The van der Waals surface area contributed by atoms with Gasteiger partial charge in [0.1, 0.15) is 5.75 Å². The van der Waals surface area contributed by atoms with Crippen LogP contribution in [0.4, 0.5) is 0 Å². The van der Waals surface area contributed by atoms with E-state index in [2.05, 4.69) is 11.7 Å². The van der Waals surface area contributed by atoms with Gasteiger partial charge >= 0.3 is 0 Å². The summed E-state index contributed by atoms with van der Waals surface area (Å²) in [5, 5.41) is 13.7. The van der Waals surface area contributed by atoms with E-state index < -0.39 is 0 Å². The highest BCUT2D eigenvalue weighted by molar-refractivity contribution is 5.61. The number of hydrogen-bond donors (Lipinski definition) is 1. The molecule has 3 heteroatoms. The molecule has 1 heterocycles. The van der Waals surface area contributed by atoms with Crippen LogP contribution in [0.25, 0.3) is 17.5 Å². The third-order valence-corrected chi connectivity index (χ3v) is 2.29. The first-order valence-corrected chi connectivity index (χ1v) is 4.68. The van der Waals surface area contributed by atoms with Crippen LogP contribution < -0.4 is 0 Å². The number of rotatable bonds is 2. The first-order chi connectivity index (χ1) is 7.20. The van der Waals surface area contributed by atoms with E-state index in [-0.39, 0.29) is 0 Å². The van der Waals surface area contributed by atoms with Crippen LogP contribution in [0.3, 0.4) is 0 Å². The summed E-state index contributed by atoms with van der Waals surface area (Å²) in [6, 6.07) is 7.34. The van der Waals surface area contributed by atoms with Gasteiger partial charge < -0.3 is 5.11 Å². The molecule has 0 radical (unpaired) electrons. The molecule has 0 bridgehead atoms. The minimum Gasteiger partial charge on any atom is -0.508 e. The molecule has 0 atom stereocenters. The van der Waals surface area contributed by atoms with Crippen molar-refractivity contribution in [1.82, 2.24) is 9.78 Å². The van der Waals surface area contributed by atoms with Gasteiger partial charge in [-0.1, -0.05) is 6.58 Å². The van der Waals surface area contributed by atoms with Gasteiger partial charge in [0.05, 0.1) is 5.69 Å². The highest BCUT2D eigenvalue weighted by Crippen LogP contribution is 2.23. The summed E-state index contributed by atoms with van der Waals surface area (Å²) in [4.78, 5) is 0. The number of hydrogen-bond acceptors (Lipinski definition) is 2. The van der Waals surface area contributed by atoms with Gasteiger partial charge in [-0.15, -0.1) is 0 Å². The lowest BCUT2D eigenvalue weighted by molar-refractivity contribution is 0.471. The summed E-state index contributed by atoms with van der Waals surface area (Å²) in [5.74, 6) is 0.307. The van der Waals surface area contributed by atoms with Crippen molar-refractivity contribution >= 4 is 6.20 Å². The SMILES string of the molecule is C=Cn1ccc(-c2ccc(O)c(C)c2)n1. The molecule has 3 nitrogen and oxygen atoms in total. The van der Waals surface area contributed by atoms with Crippen LogP contribution in [0.15, 0.2) is 37.0 Å². The van der Waals surface area contributed by atoms with Crippen molar-refractivity contribution in [3.63, 3.8) is 0 Å². The number of phenolic OH excluding ortho intramolecular Hbond substituents is 1. The third kappa shape index (κ3) is 1.76. The van der Waals surface area contributed by atoms with Crippen molar-refractivity contribution in [3.8, 4) is 17.0 Å². The molecule has 2 aromatic rings. The van der Waals surface area contributed by atoms with Crippen LogP contribution in [0.5, 0.6) is 5.75 Å². The molecule has 1 N–H and O–H groups in total. The van der Waals surface area contributed by atoms with Crippen molar-refractivity contribution < 1.29 is 5.11 Å². The Morgan fingerprint density at radius 3 is 2.80 bits per heavy atom. The normalized spacial score (nSPS) is 10.2. The molecule has 0 amide bonds. The molecule has 0 saturated heterocycles. The molecule has 0 saturated carbocycles. The smallest absolute Gasteiger partial charge is 0.118 e. The first kappa shape index (κ1) is 9.52. The van der Waals surface area contributed by atoms with E-state index in [1.807, 2.05) is 31.3 Å². The molecule has 15 heavy (non-hydrogen) atoms. The minimum absolute atomic E-state index is 0.307. The molecule has 0 aliphatic rings. The standard InChI is InChI=1S/C12H12N2O/c1-3-14-7-6-11(13-14)10-4-5-12(15)9(2)8-10/h3-8,15H,1H2,2H3. The number of benzene rings is 1. The maximum atomic E-state index is 9.40. The lowest BCUT2D eigenvalue weighted by atomic mass is 10.1. The van der Waals surface area contributed by atoms with E-state index in [4.69, 9.17) is 0 Å². The van der Waals surface area contributed by atoms with Crippen LogP contribution >= 0.6 is 0 Å². The first-order valence-electron chi connectivity index (χ1n) is 4.68. The second kappa shape index (κ2) is 3.61. The number of aromatic nitrogens is 2. The molecule has 0 unspecified atom stereocenters. The second-order valence-electron chi connectivity index (χ2n) is 3.36. The topological polar surface area (TPSA) is 38.0 Å². The van der Waals surface area contributed by atoms with E-state index in [1.165, 1.54) is 0 Å². The maximum absolute atomic E-state index is 9.40. The molecule has 0 aliphatic heterocycles. The molecule has 0 fully saturated rings. The number of nitrogens with zero attached hydrogens (tertiary/aromatic N) is 2. The Labute approximate surface area is 88.3 Å². The fourth-order valence-corrected chi connectivity index (χ4v) is 1.41. The Bertz CT molecular complexity index is 500. The van der Waals surface area contributed by atoms with Gasteiger partial charge in [0.15, 0.2) is 0 Å². The second-order valence-corrected chi connectivity index (χ2v) is 3.36. The van der Waals surface area contributed by atoms with Crippen LogP contribution in [0.1, 0.15) is 5.56 Å². The van der Waals surface area contributed by atoms with Crippen LogP contribution in [-0.4, -0.2) is 14.9 Å². The van der Waals surface area contributed by atoms with Gasteiger partial charge in [-0.2, -0.15) is 5.10 Å². The Hall–Kier alpha value is -2.03. The predicted octanol–water partition coefficient (Wildman–Crippen LogP) is 2.66. The van der Waals surface area contributed by atoms with Gasteiger partial charge in [-0.3, -0.25) is 0 Å². The number of aryl methyl sites for hydroxylation is 1. The fraction of sp³-hybridized carbons (Fsp3) is 0.0833. The maximum Gasteiger partial charge on any atom is 0.118 e. The van der Waals surface area contributed by atoms with E-state index in [9.17, 15) is 5.11 Å². The Kier molecular flexibility index (Phi) is 2.29. The lowest BCUT2D eigenvalue weighted by Gasteiger charge is -2.01. The fourth-order valence-electron chi connectivity index (χ4n) is 1.41. The summed E-state index contributed by atoms with van der Waals surface area (Å²) >= 11 is 0. The van der Waals surface area contributed by atoms with Gasteiger partial charge in [0, 0.05) is 18.0 Å². The zero-order valence-electron chi connectivity index (χ0n) is 8.51. The van der Waals surface area contributed by atoms with Gasteiger partial charge in [-0.25, -0.2) is 4.68 Å². The average Bonchev–Trinajstić information content (AvgIpc) is 2.70. The monoisotopic (exact) mass is 200 g/mol. The van der Waals surface area contributed by atoms with Crippen LogP contribution in [0.2, 0.25) is 0 Å². The summed E-state index contributed by atoms with van der Waals surface area (Å²) in [6.45, 7) is 5.49. The minimum atomic E-state index is 0.307. The van der Waals surface area contributed by atoms with Crippen molar-refractivity contribution in [2.24, 2.45) is 0 Å². The summed E-state index contributed by atoms with van der Waals surface area (Å²) in [7, 11) is 0. The van der Waals surface area contributed by atoms with Crippen molar-refractivity contribution in [1.29, 1.82) is 0 Å². The van der Waals surface area contributed by atoms with Crippen LogP contribution in [0, 0.1) is 6.92 Å². The molecular formula is C12H12N2O. The third-order valence-electron chi connectivity index (χ3n) is 2.29. The van der Waals surface area contributed by atoms with E-state index in [0.29, 0.717) is 5.75 Å². The predicted molar refractivity (Wildman–Crippen MR) is 60.5 cm³/mol. The molecule has 1 aromatic heterocycles. The quantitative estimate of drug-likeness (QED) is 0.809. The summed E-state index contributed by atoms with van der Waals surface area (Å²) < 4.78 is 1.65. The van der Waals surface area contributed by atoms with Crippen molar-refractivity contribution in [2.75, 3.05) is 0 Å². The van der Waals surface area contributed by atoms with Crippen molar-refractivity contribution in [3.05, 3.63) is 42.6 Å². The lowest BCUT2D eigenvalue weighted by Crippen LogP contribution is -1.86. The molecule has 0 aliphatic carbocycles. The largest absolute Gasteiger partial charge is 0.508 e. The van der Waals surface area contributed by atoms with Crippen LogP contribution in [-0.2, 0) is 0 Å². The Morgan fingerprint density at radius 1 is 1.40 bits per heavy atom.